The number of rotatable bonds is 5. The van der Waals surface area contributed by atoms with Gasteiger partial charge in [0.1, 0.15) is 16.9 Å². The van der Waals surface area contributed by atoms with Crippen LogP contribution < -0.4 is 40.2 Å². The first kappa shape index (κ1) is 37.4. The summed E-state index contributed by atoms with van der Waals surface area (Å²) in [4.78, 5) is 30.8. The summed E-state index contributed by atoms with van der Waals surface area (Å²) in [5, 5.41) is 29.4. The fourth-order valence-electron chi connectivity index (χ4n) is 4.44. The van der Waals surface area contributed by atoms with E-state index in [0.717, 1.165) is 83.2 Å². The molecule has 0 radical (unpaired) electrons. The van der Waals surface area contributed by atoms with Crippen LogP contribution in [0, 0.1) is 29.1 Å². The van der Waals surface area contributed by atoms with E-state index in [-0.39, 0.29) is 47.2 Å². The number of Topliss-reactive ketones (excluding diaryl/α,β-unsaturated/α-hetero) is 1. The minimum atomic E-state index is -0.833. The van der Waals surface area contributed by atoms with Crippen molar-refractivity contribution in [1.29, 1.82) is 10.5 Å². The fourth-order valence-corrected chi connectivity index (χ4v) is 4.44. The Hall–Kier alpha value is -2.59. The second-order valence-electron chi connectivity index (χ2n) is 11.3. The van der Waals surface area contributed by atoms with Crippen LogP contribution in [0.5, 0.6) is 0 Å². The van der Waals surface area contributed by atoms with Crippen LogP contribution in [-0.2, 0) is 20.7 Å². The molecule has 3 aliphatic carbocycles. The van der Waals surface area contributed by atoms with E-state index in [0.29, 0.717) is 11.7 Å². The number of nitrogens with zero attached hydrogens (tertiary/aromatic N) is 2. The second kappa shape index (κ2) is 18.7. The molecule has 9 nitrogen and oxygen atoms in total. The van der Waals surface area contributed by atoms with Crippen molar-refractivity contribution in [2.45, 2.75) is 116 Å². The van der Waals surface area contributed by atoms with Gasteiger partial charge >= 0.3 is 35.7 Å². The van der Waals surface area contributed by atoms with E-state index in [4.69, 9.17) is 26.5 Å². The van der Waals surface area contributed by atoms with Crippen molar-refractivity contribution in [3.63, 3.8) is 0 Å². The molecular formula is C30H43N4NaO5. The van der Waals surface area contributed by atoms with Gasteiger partial charge in [-0.25, -0.2) is 4.79 Å². The zero-order valence-corrected chi connectivity index (χ0v) is 26.7. The monoisotopic (exact) mass is 562 g/mol. The maximum atomic E-state index is 11.9. The van der Waals surface area contributed by atoms with Gasteiger partial charge in [0.05, 0.1) is 6.07 Å². The molecule has 0 atom stereocenters. The number of ketones is 1. The number of aliphatic carboxylic acids is 1. The Morgan fingerprint density at radius 3 is 1.93 bits per heavy atom. The smallest absolute Gasteiger partial charge is 0.512 e. The zero-order valence-electron chi connectivity index (χ0n) is 24.7. The van der Waals surface area contributed by atoms with Crippen LogP contribution in [0.2, 0.25) is 0 Å². The predicted molar refractivity (Wildman–Crippen MR) is 148 cm³/mol. The standard InChI is InChI=1S/C23H33N3O2.C4H6O.C2H4O2.CN.Na/c1-22(2,3)28-21(27)25-19-9-5-17(6-10-19)15-18-7-11-20(12-8-18)26-23(16-24)13-4-14-23;5-4-2-1-3-4;1-2(3)4;1-2;/h7-8,11-12,17,19,26H,4-6,9-10,13-15H2,1-3H3,(H,25,27);1-3H2;1H3,(H,3,4);;/q;;;-1;+1. The van der Waals surface area contributed by atoms with E-state index in [1.807, 2.05) is 20.8 Å². The van der Waals surface area contributed by atoms with Gasteiger partial charge in [0.2, 0.25) is 0 Å². The van der Waals surface area contributed by atoms with E-state index < -0.39 is 11.6 Å². The van der Waals surface area contributed by atoms with E-state index in [1.54, 1.807) is 0 Å². The number of hydrogen-bond acceptors (Lipinski definition) is 7. The van der Waals surface area contributed by atoms with Gasteiger partial charge in [0.15, 0.2) is 0 Å². The van der Waals surface area contributed by atoms with Crippen molar-refractivity contribution in [2.24, 2.45) is 5.92 Å². The van der Waals surface area contributed by atoms with Gasteiger partial charge < -0.3 is 32.3 Å². The van der Waals surface area contributed by atoms with Crippen LogP contribution in [-0.4, -0.2) is 40.1 Å². The van der Waals surface area contributed by atoms with Gasteiger partial charge in [-0.05, 0) is 102 Å². The van der Waals surface area contributed by atoms with Crippen molar-refractivity contribution in [3.8, 4) is 6.07 Å². The molecule has 1 amide bonds. The summed E-state index contributed by atoms with van der Waals surface area (Å²) in [6, 6.07) is 11.2. The molecule has 4 rings (SSSR count). The third kappa shape index (κ3) is 15.3. The Morgan fingerprint density at radius 1 is 1.07 bits per heavy atom. The molecule has 0 aliphatic heterocycles. The van der Waals surface area contributed by atoms with Crippen LogP contribution in [0.4, 0.5) is 10.5 Å². The fraction of sp³-hybridized carbons (Fsp3) is 0.633. The molecule has 3 fully saturated rings. The molecule has 0 heterocycles. The largest absolute Gasteiger partial charge is 1.00 e. The van der Waals surface area contributed by atoms with Gasteiger partial charge in [-0.15, -0.1) is 0 Å². The molecule has 3 aliphatic rings. The molecule has 214 valence electrons. The minimum Gasteiger partial charge on any atom is -0.512 e. The minimum absolute atomic E-state index is 0. The number of amides is 1. The van der Waals surface area contributed by atoms with E-state index in [1.165, 1.54) is 5.56 Å². The van der Waals surface area contributed by atoms with Crippen molar-refractivity contribution in [3.05, 3.63) is 36.4 Å². The molecule has 1 aromatic rings. The van der Waals surface area contributed by atoms with Crippen LogP contribution >= 0.6 is 0 Å². The molecule has 3 N–H and O–H groups in total. The molecule has 10 heteroatoms. The van der Waals surface area contributed by atoms with Gasteiger partial charge in [-0.3, -0.25) is 9.59 Å². The Morgan fingerprint density at radius 2 is 1.57 bits per heavy atom. The summed E-state index contributed by atoms with van der Waals surface area (Å²) in [5.74, 6) is 0.262. The molecule has 1 aromatic carbocycles. The van der Waals surface area contributed by atoms with E-state index >= 15 is 0 Å². The summed E-state index contributed by atoms with van der Waals surface area (Å²) in [6.45, 7) is 11.5. The van der Waals surface area contributed by atoms with Gasteiger partial charge in [0, 0.05) is 31.5 Å². The van der Waals surface area contributed by atoms with Crippen LogP contribution in [0.3, 0.4) is 0 Å². The number of carboxylic acid groups (broad SMARTS) is 1. The Kier molecular flexibility index (Phi) is 17.5. The van der Waals surface area contributed by atoms with Gasteiger partial charge in [-0.2, -0.15) is 5.26 Å². The first-order valence-electron chi connectivity index (χ1n) is 13.6. The number of carbonyl (C=O) groups excluding carboxylic acids is 2. The molecule has 0 aromatic heterocycles. The van der Waals surface area contributed by atoms with Crippen molar-refractivity contribution in [2.75, 3.05) is 5.32 Å². The predicted octanol–water partition coefficient (Wildman–Crippen LogP) is 3.10. The number of anilines is 1. The SMILES string of the molecule is CC(=O)O.CC(C)(C)OC(=O)NC1CCC(Cc2ccc(NC3(C#N)CCC3)cc2)CC1.O=C1CCC1.[C-]#N.[Na+]. The maximum absolute atomic E-state index is 11.9. The van der Waals surface area contributed by atoms with Crippen LogP contribution in [0.25, 0.3) is 0 Å². The number of carboxylic acids is 1. The number of hydrogen-bond donors (Lipinski definition) is 3. The molecule has 40 heavy (non-hydrogen) atoms. The van der Waals surface area contributed by atoms with E-state index in [2.05, 4.69) is 41.0 Å². The number of carbonyl (C=O) groups is 3. The van der Waals surface area contributed by atoms with Gasteiger partial charge in [0.25, 0.3) is 5.97 Å². The summed E-state index contributed by atoms with van der Waals surface area (Å²) in [7, 11) is 0. The number of ether oxygens (including phenoxy) is 1. The van der Waals surface area contributed by atoms with Crippen molar-refractivity contribution < 1.29 is 53.8 Å². The van der Waals surface area contributed by atoms with Crippen LogP contribution in [0.15, 0.2) is 24.3 Å². The Balaban J connectivity index is 0.00000107. The maximum Gasteiger partial charge on any atom is 1.00 e. The van der Waals surface area contributed by atoms with Gasteiger partial charge in [-0.1, -0.05) is 12.1 Å². The summed E-state index contributed by atoms with van der Waals surface area (Å²) in [6.07, 6.45) is 10.9. The normalized spacial score (nSPS) is 20.1. The second-order valence-corrected chi connectivity index (χ2v) is 11.3. The quantitative estimate of drug-likeness (QED) is 0.366. The molecule has 0 bridgehead atoms. The molecular weight excluding hydrogens is 519 g/mol. The van der Waals surface area contributed by atoms with E-state index in [9.17, 15) is 14.9 Å². The van der Waals surface area contributed by atoms with Crippen molar-refractivity contribution in [1.82, 2.24) is 5.32 Å². The molecule has 0 unspecified atom stereocenters. The third-order valence-corrected chi connectivity index (χ3v) is 6.76. The molecule has 0 saturated heterocycles. The third-order valence-electron chi connectivity index (χ3n) is 6.76. The topological polar surface area (TPSA) is 152 Å². The average molecular weight is 563 g/mol. The summed E-state index contributed by atoms with van der Waals surface area (Å²) >= 11 is 0. The Bertz CT molecular complexity index is 976. The zero-order chi connectivity index (χ0) is 29.5. The number of nitrogens with one attached hydrogen (secondary N) is 2. The number of alkyl carbamates (subject to hydrolysis) is 1. The summed E-state index contributed by atoms with van der Waals surface area (Å²) in [5.41, 5.74) is 1.58. The number of nitriles is 1. The molecule has 3 saturated carbocycles. The number of benzene rings is 1. The van der Waals surface area contributed by atoms with Crippen LogP contribution in [0.1, 0.15) is 97.5 Å². The van der Waals surface area contributed by atoms with Crippen molar-refractivity contribution >= 4 is 23.5 Å². The molecule has 0 spiro atoms. The first-order valence-corrected chi connectivity index (χ1v) is 13.6. The first-order chi connectivity index (χ1) is 18.4. The average Bonchev–Trinajstić information content (AvgIpc) is 2.82. The Labute approximate surface area is 261 Å². The summed E-state index contributed by atoms with van der Waals surface area (Å²) < 4.78 is 5.35.